The van der Waals surface area contributed by atoms with E-state index in [1.807, 2.05) is 6.07 Å². The Labute approximate surface area is 143 Å². The van der Waals surface area contributed by atoms with E-state index in [4.69, 9.17) is 9.26 Å². The highest BCUT2D eigenvalue weighted by atomic mass is 19.1. The fourth-order valence-corrected chi connectivity index (χ4v) is 3.50. The van der Waals surface area contributed by atoms with Crippen molar-refractivity contribution in [3.63, 3.8) is 0 Å². The van der Waals surface area contributed by atoms with E-state index in [1.165, 1.54) is 0 Å². The molecule has 2 saturated heterocycles. The summed E-state index contributed by atoms with van der Waals surface area (Å²) < 4.78 is 27.5. The van der Waals surface area contributed by atoms with E-state index in [9.17, 15) is 0 Å². The van der Waals surface area contributed by atoms with Crippen molar-refractivity contribution >= 4 is 10.9 Å². The van der Waals surface area contributed by atoms with E-state index in [-0.39, 0.29) is 23.7 Å². The molecule has 1 aromatic carbocycles. The summed E-state index contributed by atoms with van der Waals surface area (Å²) in [4.78, 5) is 4.46. The predicted molar refractivity (Wildman–Crippen MR) is 87.7 cm³/mol. The first-order chi connectivity index (χ1) is 12.3. The Morgan fingerprint density at radius 1 is 1.20 bits per heavy atom. The molecule has 4 heterocycles. The van der Waals surface area contributed by atoms with E-state index in [0.29, 0.717) is 30.1 Å². The number of ether oxygens (including phenoxy) is 1. The second kappa shape index (κ2) is 5.89. The molecule has 2 aromatic heterocycles. The second-order valence-corrected chi connectivity index (χ2v) is 6.63. The Bertz CT molecular complexity index is 911. The number of halogens is 1. The molecule has 8 heteroatoms. The van der Waals surface area contributed by atoms with Gasteiger partial charge in [0, 0.05) is 11.3 Å². The number of aromatic nitrogens is 4. The van der Waals surface area contributed by atoms with E-state index in [2.05, 4.69) is 20.6 Å². The van der Waals surface area contributed by atoms with Gasteiger partial charge in [0.2, 0.25) is 0 Å². The summed E-state index contributed by atoms with van der Waals surface area (Å²) in [6.07, 6.45) is 3.61. The van der Waals surface area contributed by atoms with Crippen molar-refractivity contribution in [2.24, 2.45) is 0 Å². The first-order valence-corrected chi connectivity index (χ1v) is 8.59. The normalized spacial score (nSPS) is 19.4. The lowest BCUT2D eigenvalue weighted by atomic mass is 9.98. The molecule has 0 saturated carbocycles. The molecule has 130 valence electrons. The number of hydrogen-bond acceptors (Lipinski definition) is 6. The third kappa shape index (κ3) is 2.44. The van der Waals surface area contributed by atoms with Crippen LogP contribution in [0.5, 0.6) is 0 Å². The molecule has 1 N–H and O–H groups in total. The van der Waals surface area contributed by atoms with Crippen LogP contribution in [0.3, 0.4) is 0 Å². The van der Waals surface area contributed by atoms with Crippen LogP contribution in [0.15, 0.2) is 22.9 Å². The third-order valence-electron chi connectivity index (χ3n) is 5.04. The van der Waals surface area contributed by atoms with Crippen molar-refractivity contribution in [3.8, 4) is 11.5 Å². The second-order valence-electron chi connectivity index (χ2n) is 6.63. The lowest BCUT2D eigenvalue weighted by molar-refractivity contribution is -0.0268. The quantitative estimate of drug-likeness (QED) is 0.786. The van der Waals surface area contributed by atoms with Crippen molar-refractivity contribution in [3.05, 3.63) is 30.0 Å². The van der Waals surface area contributed by atoms with Crippen molar-refractivity contribution in [2.75, 3.05) is 26.3 Å². The molecular weight excluding hydrogens is 325 g/mol. The zero-order chi connectivity index (χ0) is 16.8. The Hall–Kier alpha value is -2.32. The predicted octanol–water partition coefficient (Wildman–Crippen LogP) is 2.26. The molecule has 0 amide bonds. The smallest absolute Gasteiger partial charge is 0.260 e. The maximum atomic E-state index is 15.2. The summed E-state index contributed by atoms with van der Waals surface area (Å²) in [5, 5.41) is 12.5. The van der Waals surface area contributed by atoms with Gasteiger partial charge in [-0.25, -0.2) is 4.39 Å². The van der Waals surface area contributed by atoms with Crippen LogP contribution < -0.4 is 5.32 Å². The summed E-state index contributed by atoms with van der Waals surface area (Å²) >= 11 is 0. The summed E-state index contributed by atoms with van der Waals surface area (Å²) in [5.74, 6) is 0.785. The highest BCUT2D eigenvalue weighted by Gasteiger charge is 2.27. The molecule has 3 aromatic rings. The van der Waals surface area contributed by atoms with E-state index >= 15 is 4.39 Å². The third-order valence-corrected chi connectivity index (χ3v) is 5.04. The monoisotopic (exact) mass is 343 g/mol. The summed E-state index contributed by atoms with van der Waals surface area (Å²) in [6.45, 7) is 3.00. The van der Waals surface area contributed by atoms with Crippen LogP contribution in [0.4, 0.5) is 4.39 Å². The molecule has 0 unspecified atom stereocenters. The number of benzene rings is 1. The molecule has 0 radical (unpaired) electrons. The van der Waals surface area contributed by atoms with Crippen molar-refractivity contribution < 1.29 is 13.7 Å². The summed E-state index contributed by atoms with van der Waals surface area (Å²) in [6, 6.07) is 3.60. The van der Waals surface area contributed by atoms with Gasteiger partial charge in [-0.3, -0.25) is 4.68 Å². The Morgan fingerprint density at radius 2 is 2.04 bits per heavy atom. The van der Waals surface area contributed by atoms with Crippen LogP contribution in [-0.2, 0) is 4.74 Å². The zero-order valence-electron chi connectivity index (χ0n) is 13.6. The molecule has 2 aliphatic rings. The topological polar surface area (TPSA) is 78.0 Å². The van der Waals surface area contributed by atoms with Gasteiger partial charge in [0.15, 0.2) is 11.6 Å². The van der Waals surface area contributed by atoms with Crippen LogP contribution in [0, 0.1) is 5.82 Å². The minimum absolute atomic E-state index is 0.0789. The zero-order valence-corrected chi connectivity index (χ0v) is 13.6. The van der Waals surface area contributed by atoms with E-state index in [0.717, 1.165) is 31.3 Å². The van der Waals surface area contributed by atoms with Gasteiger partial charge in [-0.15, -0.1) is 0 Å². The molecular formula is C17H18FN5O2. The van der Waals surface area contributed by atoms with Crippen LogP contribution >= 0.6 is 0 Å². The fraction of sp³-hybridized carbons (Fsp3) is 0.471. The highest BCUT2D eigenvalue weighted by molar-refractivity contribution is 5.84. The minimum Gasteiger partial charge on any atom is -0.377 e. The van der Waals surface area contributed by atoms with E-state index in [1.54, 1.807) is 16.9 Å². The molecule has 7 nitrogen and oxygen atoms in total. The fourth-order valence-electron chi connectivity index (χ4n) is 3.50. The van der Waals surface area contributed by atoms with Gasteiger partial charge in [0.05, 0.1) is 31.0 Å². The summed E-state index contributed by atoms with van der Waals surface area (Å²) in [5.41, 5.74) is 0.787. The van der Waals surface area contributed by atoms with Gasteiger partial charge in [-0.1, -0.05) is 11.2 Å². The van der Waals surface area contributed by atoms with Gasteiger partial charge in [0.25, 0.3) is 5.89 Å². The molecule has 25 heavy (non-hydrogen) atoms. The number of nitrogens with zero attached hydrogens (tertiary/aromatic N) is 4. The van der Waals surface area contributed by atoms with Crippen LogP contribution in [0.2, 0.25) is 0 Å². The van der Waals surface area contributed by atoms with E-state index < -0.39 is 0 Å². The van der Waals surface area contributed by atoms with Crippen LogP contribution in [0.1, 0.15) is 30.6 Å². The first kappa shape index (κ1) is 15.0. The van der Waals surface area contributed by atoms with Gasteiger partial charge in [0.1, 0.15) is 5.52 Å². The maximum absolute atomic E-state index is 15.2. The summed E-state index contributed by atoms with van der Waals surface area (Å²) in [7, 11) is 0. The SMILES string of the molecule is Fc1c(-c2nc(C3CCNCC3)no2)ccc2cnn(C3COC3)c12. The molecule has 0 atom stereocenters. The molecule has 0 aliphatic carbocycles. The van der Waals surface area contributed by atoms with Crippen molar-refractivity contribution in [1.29, 1.82) is 0 Å². The van der Waals surface area contributed by atoms with Crippen LogP contribution in [-0.4, -0.2) is 46.2 Å². The van der Waals surface area contributed by atoms with Gasteiger partial charge < -0.3 is 14.6 Å². The largest absolute Gasteiger partial charge is 0.377 e. The number of fused-ring (bicyclic) bond motifs is 1. The molecule has 5 rings (SSSR count). The Balaban J connectivity index is 1.54. The highest BCUT2D eigenvalue weighted by Crippen LogP contribution is 2.32. The number of piperidine rings is 1. The number of rotatable bonds is 3. The Kier molecular flexibility index (Phi) is 3.53. The van der Waals surface area contributed by atoms with Gasteiger partial charge >= 0.3 is 0 Å². The van der Waals surface area contributed by atoms with Crippen molar-refractivity contribution in [1.82, 2.24) is 25.2 Å². The minimum atomic E-state index is -0.373. The van der Waals surface area contributed by atoms with Gasteiger partial charge in [-0.2, -0.15) is 10.1 Å². The average molecular weight is 343 g/mol. The van der Waals surface area contributed by atoms with Crippen molar-refractivity contribution in [2.45, 2.75) is 24.8 Å². The lowest BCUT2D eigenvalue weighted by Crippen LogP contribution is -2.31. The standard InChI is InChI=1S/C17H18FN5O2/c18-14-13(17-21-16(22-25-17)10-3-5-19-6-4-10)2-1-11-7-20-23(15(11)14)12-8-24-9-12/h1-2,7,10,12,19H,3-6,8-9H2. The molecule has 2 fully saturated rings. The molecule has 0 spiro atoms. The Morgan fingerprint density at radius 3 is 2.80 bits per heavy atom. The molecule has 2 aliphatic heterocycles. The number of nitrogens with one attached hydrogen (secondary N) is 1. The lowest BCUT2D eigenvalue weighted by Gasteiger charge is -2.26. The molecule has 0 bridgehead atoms. The number of hydrogen-bond donors (Lipinski definition) is 1. The first-order valence-electron chi connectivity index (χ1n) is 8.59. The van der Waals surface area contributed by atoms with Crippen LogP contribution in [0.25, 0.3) is 22.4 Å². The van der Waals surface area contributed by atoms with Gasteiger partial charge in [-0.05, 0) is 32.0 Å². The average Bonchev–Trinajstić information content (AvgIpc) is 3.23. The maximum Gasteiger partial charge on any atom is 0.260 e.